The monoisotopic (exact) mass is 236 g/mol. The molecule has 4 heteroatoms. The fraction of sp³-hybridized carbons (Fsp3) is 0.167. The van der Waals surface area contributed by atoms with Gasteiger partial charge < -0.3 is 10.6 Å². The minimum Gasteiger partial charge on any atom is -0.385 e. The van der Waals surface area contributed by atoms with Crippen molar-refractivity contribution in [3.63, 3.8) is 0 Å². The summed E-state index contributed by atoms with van der Waals surface area (Å²) in [5.74, 6) is -0.231. The minimum absolute atomic E-state index is 0.231. The number of hydrogen-bond donors (Lipinski definition) is 2. The van der Waals surface area contributed by atoms with Crippen LogP contribution in [0.15, 0.2) is 47.1 Å². The second-order valence-corrected chi connectivity index (χ2v) is 4.21. The van der Waals surface area contributed by atoms with Gasteiger partial charge in [0.1, 0.15) is 5.82 Å². The van der Waals surface area contributed by atoms with Gasteiger partial charge in [0, 0.05) is 10.6 Å². The molecule has 0 bridgehead atoms. The molecular weight excluding hydrogens is 223 g/mol. The van der Waals surface area contributed by atoms with E-state index in [2.05, 4.69) is 10.6 Å². The van der Waals surface area contributed by atoms with Crippen molar-refractivity contribution in [1.82, 2.24) is 5.32 Å². The van der Waals surface area contributed by atoms with E-state index in [9.17, 15) is 4.39 Å². The smallest absolute Gasteiger partial charge is 0.146 e. The first-order chi connectivity index (χ1) is 7.81. The Kier molecular flexibility index (Phi) is 3.51. The van der Waals surface area contributed by atoms with Crippen LogP contribution in [0.1, 0.15) is 0 Å². The second kappa shape index (κ2) is 5.07. The first-order valence-electron chi connectivity index (χ1n) is 5.00. The molecule has 0 fully saturated rings. The van der Waals surface area contributed by atoms with Crippen molar-refractivity contribution < 1.29 is 4.39 Å². The van der Waals surface area contributed by atoms with E-state index in [4.69, 9.17) is 0 Å². The van der Waals surface area contributed by atoms with Crippen molar-refractivity contribution in [3.05, 3.63) is 53.0 Å². The van der Waals surface area contributed by atoms with E-state index in [1.165, 1.54) is 6.07 Å². The summed E-state index contributed by atoms with van der Waals surface area (Å²) in [5, 5.41) is 6.22. The molecule has 16 heavy (non-hydrogen) atoms. The summed E-state index contributed by atoms with van der Waals surface area (Å²) in [4.78, 5) is 1.13. The summed E-state index contributed by atoms with van der Waals surface area (Å²) in [6.07, 6.45) is 5.89. The Morgan fingerprint density at radius 3 is 2.94 bits per heavy atom. The van der Waals surface area contributed by atoms with Crippen LogP contribution in [0.4, 0.5) is 10.1 Å². The summed E-state index contributed by atoms with van der Waals surface area (Å²) < 4.78 is 13.4. The number of hydrogen-bond acceptors (Lipinski definition) is 3. The molecule has 0 unspecified atom stereocenters. The third kappa shape index (κ3) is 2.39. The fourth-order valence-corrected chi connectivity index (χ4v) is 2.08. The Bertz CT molecular complexity index is 440. The Balaban J connectivity index is 2.24. The van der Waals surface area contributed by atoms with Gasteiger partial charge in [-0.3, -0.25) is 0 Å². The lowest BCUT2D eigenvalue weighted by Crippen LogP contribution is -2.20. The highest BCUT2D eigenvalue weighted by molar-refractivity contribution is 8.02. The molecule has 2 rings (SSSR count). The predicted molar refractivity (Wildman–Crippen MR) is 67.7 cm³/mol. The number of thioether (sulfide) groups is 1. The van der Waals surface area contributed by atoms with Crippen LogP contribution in [0.2, 0.25) is 0 Å². The van der Waals surface area contributed by atoms with Crippen LogP contribution in [-0.2, 0) is 0 Å². The van der Waals surface area contributed by atoms with E-state index in [0.29, 0.717) is 12.2 Å². The number of rotatable bonds is 3. The van der Waals surface area contributed by atoms with Gasteiger partial charge >= 0.3 is 0 Å². The van der Waals surface area contributed by atoms with Crippen molar-refractivity contribution >= 4 is 17.4 Å². The third-order valence-corrected chi connectivity index (χ3v) is 3.13. The highest BCUT2D eigenvalue weighted by atomic mass is 32.2. The highest BCUT2D eigenvalue weighted by Gasteiger charge is 2.09. The number of dihydropyridines is 1. The highest BCUT2D eigenvalue weighted by Crippen LogP contribution is 2.23. The van der Waals surface area contributed by atoms with Crippen LogP contribution in [0.3, 0.4) is 0 Å². The van der Waals surface area contributed by atoms with Gasteiger partial charge in [0.05, 0.1) is 12.2 Å². The molecule has 84 valence electrons. The molecule has 0 saturated carbocycles. The lowest BCUT2D eigenvalue weighted by molar-refractivity contribution is 0.631. The standard InChI is InChI=1S/C12H13FN2S/c1-16-12-6-7-14-8-11(12)15-10-5-3-2-4-9(10)13/h2-7,14-15H,8H2,1H3. The molecule has 1 heterocycles. The van der Waals surface area contributed by atoms with Crippen LogP contribution >= 0.6 is 11.8 Å². The SMILES string of the molecule is CSC1=C(Nc2ccccc2F)CNC=C1. The third-order valence-electron chi connectivity index (χ3n) is 2.31. The molecule has 0 aromatic heterocycles. The van der Waals surface area contributed by atoms with Crippen LogP contribution in [-0.4, -0.2) is 12.8 Å². The average molecular weight is 236 g/mol. The van der Waals surface area contributed by atoms with Gasteiger partial charge in [0.15, 0.2) is 0 Å². The molecule has 1 aliphatic rings. The van der Waals surface area contributed by atoms with Crippen LogP contribution < -0.4 is 10.6 Å². The maximum Gasteiger partial charge on any atom is 0.146 e. The van der Waals surface area contributed by atoms with E-state index in [1.54, 1.807) is 23.9 Å². The molecule has 2 nitrogen and oxygen atoms in total. The molecule has 0 spiro atoms. The summed E-state index contributed by atoms with van der Waals surface area (Å²) >= 11 is 1.65. The van der Waals surface area contributed by atoms with Gasteiger partial charge in [0.2, 0.25) is 0 Å². The summed E-state index contributed by atoms with van der Waals surface area (Å²) in [5.41, 5.74) is 1.52. The number of nitrogens with one attached hydrogen (secondary N) is 2. The Morgan fingerprint density at radius 2 is 2.19 bits per heavy atom. The lowest BCUT2D eigenvalue weighted by atomic mass is 10.2. The summed E-state index contributed by atoms with van der Waals surface area (Å²) in [6, 6.07) is 6.69. The zero-order chi connectivity index (χ0) is 11.4. The maximum atomic E-state index is 13.4. The molecule has 1 aromatic carbocycles. The van der Waals surface area contributed by atoms with Gasteiger partial charge in [-0.15, -0.1) is 11.8 Å². The van der Waals surface area contributed by atoms with Gasteiger partial charge in [-0.2, -0.15) is 0 Å². The first-order valence-corrected chi connectivity index (χ1v) is 6.22. The average Bonchev–Trinajstić information content (AvgIpc) is 2.33. The predicted octanol–water partition coefficient (Wildman–Crippen LogP) is 2.93. The normalized spacial score (nSPS) is 14.9. The van der Waals surface area contributed by atoms with Crippen LogP contribution in [0.25, 0.3) is 0 Å². The van der Waals surface area contributed by atoms with E-state index < -0.39 is 0 Å². The van der Waals surface area contributed by atoms with Crippen LogP contribution in [0, 0.1) is 5.82 Å². The number of allylic oxidation sites excluding steroid dienone is 1. The van der Waals surface area contributed by atoms with Gasteiger partial charge in [-0.05, 0) is 30.7 Å². The van der Waals surface area contributed by atoms with Gasteiger partial charge in [-0.1, -0.05) is 12.1 Å². The Morgan fingerprint density at radius 1 is 1.38 bits per heavy atom. The molecule has 0 atom stereocenters. The van der Waals surface area contributed by atoms with Crippen molar-refractivity contribution in [1.29, 1.82) is 0 Å². The van der Waals surface area contributed by atoms with Crippen molar-refractivity contribution in [3.8, 4) is 0 Å². The van der Waals surface area contributed by atoms with Crippen molar-refractivity contribution in [2.24, 2.45) is 0 Å². The molecule has 2 N–H and O–H groups in total. The molecular formula is C12H13FN2S. The zero-order valence-electron chi connectivity index (χ0n) is 8.96. The maximum absolute atomic E-state index is 13.4. The van der Waals surface area contributed by atoms with Crippen molar-refractivity contribution in [2.45, 2.75) is 0 Å². The summed E-state index contributed by atoms with van der Waals surface area (Å²) in [7, 11) is 0. The van der Waals surface area contributed by atoms with Gasteiger partial charge in [0.25, 0.3) is 0 Å². The van der Waals surface area contributed by atoms with Crippen LogP contribution in [0.5, 0.6) is 0 Å². The lowest BCUT2D eigenvalue weighted by Gasteiger charge is -2.18. The topological polar surface area (TPSA) is 24.1 Å². The Labute approximate surface area is 98.6 Å². The number of para-hydroxylation sites is 1. The number of halogens is 1. The molecule has 0 aliphatic carbocycles. The van der Waals surface area contributed by atoms with E-state index in [-0.39, 0.29) is 5.82 Å². The molecule has 1 aromatic rings. The molecule has 0 saturated heterocycles. The van der Waals surface area contributed by atoms with Gasteiger partial charge in [-0.25, -0.2) is 4.39 Å². The largest absolute Gasteiger partial charge is 0.385 e. The van der Waals surface area contributed by atoms with E-state index in [1.807, 2.05) is 24.6 Å². The molecule has 0 amide bonds. The number of anilines is 1. The fourth-order valence-electron chi connectivity index (χ4n) is 1.51. The second-order valence-electron chi connectivity index (χ2n) is 3.37. The molecule has 0 radical (unpaired) electrons. The van der Waals surface area contributed by atoms with Crippen molar-refractivity contribution in [2.75, 3.05) is 18.1 Å². The zero-order valence-corrected chi connectivity index (χ0v) is 9.77. The number of benzene rings is 1. The summed E-state index contributed by atoms with van der Waals surface area (Å²) in [6.45, 7) is 0.695. The van der Waals surface area contributed by atoms with E-state index >= 15 is 0 Å². The Hall–Kier alpha value is -1.42. The first kappa shape index (κ1) is 11.1. The quantitative estimate of drug-likeness (QED) is 0.843. The molecule has 1 aliphatic heterocycles. The minimum atomic E-state index is -0.231. The van der Waals surface area contributed by atoms with E-state index in [0.717, 1.165) is 10.6 Å².